The first-order chi connectivity index (χ1) is 9.01. The summed E-state index contributed by atoms with van der Waals surface area (Å²) in [5.74, 6) is 0.848. The van der Waals surface area contributed by atoms with Crippen molar-refractivity contribution in [2.45, 2.75) is 33.2 Å². The summed E-state index contributed by atoms with van der Waals surface area (Å²) in [5.41, 5.74) is 2.34. The Hall–Kier alpha value is -1.26. The predicted octanol–water partition coefficient (Wildman–Crippen LogP) is 2.22. The maximum absolute atomic E-state index is 11.6. The Morgan fingerprint density at radius 1 is 1.25 bits per heavy atom. The van der Waals surface area contributed by atoms with E-state index in [2.05, 4.69) is 16.7 Å². The van der Waals surface area contributed by atoms with Gasteiger partial charge in [-0.25, -0.2) is 0 Å². The van der Waals surface area contributed by atoms with Crippen LogP contribution in [0.3, 0.4) is 0 Å². The fourth-order valence-corrected chi connectivity index (χ4v) is 1.74. The molecule has 0 bridgehead atoms. The third-order valence-electron chi connectivity index (χ3n) is 2.89. The molecule has 0 fully saturated rings. The number of likely N-dealkylation sites (N-methyl/N-ethyl adjacent to an activating group) is 1. The number of hydrogen-bond donors (Lipinski definition) is 2. The van der Waals surface area contributed by atoms with Crippen molar-refractivity contribution in [3.63, 3.8) is 0 Å². The minimum atomic E-state index is 0. The molecule has 0 spiro atoms. The molecule has 1 unspecified atom stereocenters. The van der Waals surface area contributed by atoms with Crippen LogP contribution in [0.15, 0.2) is 18.2 Å². The van der Waals surface area contributed by atoms with Crippen molar-refractivity contribution < 1.29 is 9.53 Å². The van der Waals surface area contributed by atoms with E-state index in [0.717, 1.165) is 5.75 Å². The monoisotopic (exact) mass is 300 g/mol. The predicted molar refractivity (Wildman–Crippen MR) is 84.8 cm³/mol. The van der Waals surface area contributed by atoms with Crippen molar-refractivity contribution in [1.29, 1.82) is 0 Å². The Kier molecular flexibility index (Phi) is 9.01. The number of hydrogen-bond acceptors (Lipinski definition) is 3. The summed E-state index contributed by atoms with van der Waals surface area (Å²) >= 11 is 0. The average Bonchev–Trinajstić information content (AvgIpc) is 2.34. The van der Waals surface area contributed by atoms with E-state index >= 15 is 0 Å². The molecule has 0 aliphatic rings. The number of benzene rings is 1. The van der Waals surface area contributed by atoms with Crippen molar-refractivity contribution in [2.75, 3.05) is 20.2 Å². The van der Waals surface area contributed by atoms with Crippen LogP contribution in [0.1, 0.15) is 24.5 Å². The number of halogens is 1. The van der Waals surface area contributed by atoms with E-state index in [1.54, 1.807) is 0 Å². The number of ether oxygens (including phenoxy) is 1. The molecule has 1 aromatic carbocycles. The van der Waals surface area contributed by atoms with E-state index in [0.29, 0.717) is 19.6 Å². The maximum Gasteiger partial charge on any atom is 0.223 e. The van der Waals surface area contributed by atoms with Gasteiger partial charge in [0.1, 0.15) is 5.75 Å². The second kappa shape index (κ2) is 9.61. The number of rotatable bonds is 7. The van der Waals surface area contributed by atoms with E-state index in [-0.39, 0.29) is 24.4 Å². The molecule has 0 saturated heterocycles. The molecule has 1 rings (SSSR count). The van der Waals surface area contributed by atoms with Gasteiger partial charge in [-0.1, -0.05) is 6.07 Å². The van der Waals surface area contributed by atoms with Crippen molar-refractivity contribution in [3.05, 3.63) is 29.3 Å². The molecule has 1 amide bonds. The Morgan fingerprint density at radius 2 is 1.85 bits per heavy atom. The lowest BCUT2D eigenvalue weighted by atomic mass is 10.1. The van der Waals surface area contributed by atoms with Gasteiger partial charge in [0.15, 0.2) is 0 Å². The maximum atomic E-state index is 11.6. The molecule has 0 aromatic heterocycles. The molecular weight excluding hydrogens is 276 g/mol. The summed E-state index contributed by atoms with van der Waals surface area (Å²) in [4.78, 5) is 11.6. The first-order valence-electron chi connectivity index (χ1n) is 6.66. The SMILES string of the molecule is CNC(C)CNC(=O)CCOc1cc(C)cc(C)c1.Cl. The molecule has 0 aliphatic heterocycles. The van der Waals surface area contributed by atoms with Crippen molar-refractivity contribution in [2.24, 2.45) is 0 Å². The normalized spacial score (nSPS) is 11.4. The summed E-state index contributed by atoms with van der Waals surface area (Å²) in [6.07, 6.45) is 0.378. The van der Waals surface area contributed by atoms with Gasteiger partial charge in [-0.2, -0.15) is 0 Å². The summed E-state index contributed by atoms with van der Waals surface area (Å²) < 4.78 is 5.59. The lowest BCUT2D eigenvalue weighted by Gasteiger charge is -2.12. The Labute approximate surface area is 127 Å². The van der Waals surface area contributed by atoms with Crippen LogP contribution < -0.4 is 15.4 Å². The molecular formula is C15H25ClN2O2. The van der Waals surface area contributed by atoms with Gasteiger partial charge in [0.05, 0.1) is 13.0 Å². The minimum absolute atomic E-state index is 0. The quantitative estimate of drug-likeness (QED) is 0.812. The van der Waals surface area contributed by atoms with Crippen LogP contribution in [-0.2, 0) is 4.79 Å². The third-order valence-corrected chi connectivity index (χ3v) is 2.89. The van der Waals surface area contributed by atoms with Gasteiger partial charge in [0, 0.05) is 12.6 Å². The lowest BCUT2D eigenvalue weighted by molar-refractivity contribution is -0.121. The number of nitrogens with one attached hydrogen (secondary N) is 2. The Morgan fingerprint density at radius 3 is 2.40 bits per heavy atom. The van der Waals surface area contributed by atoms with Crippen LogP contribution >= 0.6 is 12.4 Å². The molecule has 1 aromatic rings. The third kappa shape index (κ3) is 7.36. The van der Waals surface area contributed by atoms with Crippen molar-refractivity contribution >= 4 is 18.3 Å². The van der Waals surface area contributed by atoms with Gasteiger partial charge < -0.3 is 15.4 Å². The van der Waals surface area contributed by atoms with Gasteiger partial charge in [-0.15, -0.1) is 12.4 Å². The van der Waals surface area contributed by atoms with Gasteiger partial charge in [-0.05, 0) is 51.1 Å². The van der Waals surface area contributed by atoms with E-state index in [1.165, 1.54) is 11.1 Å². The number of aryl methyl sites for hydroxylation is 2. The van der Waals surface area contributed by atoms with E-state index in [9.17, 15) is 4.79 Å². The van der Waals surface area contributed by atoms with Crippen molar-refractivity contribution in [3.8, 4) is 5.75 Å². The van der Waals surface area contributed by atoms with Crippen LogP contribution in [0.25, 0.3) is 0 Å². The summed E-state index contributed by atoms with van der Waals surface area (Å²) in [7, 11) is 1.88. The highest BCUT2D eigenvalue weighted by atomic mass is 35.5. The zero-order chi connectivity index (χ0) is 14.3. The highest BCUT2D eigenvalue weighted by Gasteiger charge is 2.04. The fraction of sp³-hybridized carbons (Fsp3) is 0.533. The first kappa shape index (κ1) is 18.7. The Balaban J connectivity index is 0.00000361. The highest BCUT2D eigenvalue weighted by Crippen LogP contribution is 2.16. The topological polar surface area (TPSA) is 50.4 Å². The summed E-state index contributed by atoms with van der Waals surface area (Å²) in [5, 5.41) is 5.93. The van der Waals surface area contributed by atoms with Crippen molar-refractivity contribution in [1.82, 2.24) is 10.6 Å². The number of amides is 1. The van der Waals surface area contributed by atoms with Crippen LogP contribution in [0.2, 0.25) is 0 Å². The van der Waals surface area contributed by atoms with Crippen LogP contribution in [-0.4, -0.2) is 32.1 Å². The van der Waals surface area contributed by atoms with E-state index in [4.69, 9.17) is 4.74 Å². The molecule has 5 heteroatoms. The smallest absolute Gasteiger partial charge is 0.223 e. The van der Waals surface area contributed by atoms with Gasteiger partial charge in [0.25, 0.3) is 0 Å². The minimum Gasteiger partial charge on any atom is -0.493 e. The van der Waals surface area contributed by atoms with Crippen LogP contribution in [0.4, 0.5) is 0 Å². The number of carbonyl (C=O) groups excluding carboxylic acids is 1. The molecule has 4 nitrogen and oxygen atoms in total. The largest absolute Gasteiger partial charge is 0.493 e. The lowest BCUT2D eigenvalue weighted by Crippen LogP contribution is -2.37. The van der Waals surface area contributed by atoms with Gasteiger partial charge >= 0.3 is 0 Å². The zero-order valence-corrected chi connectivity index (χ0v) is 13.5. The first-order valence-corrected chi connectivity index (χ1v) is 6.66. The molecule has 0 saturated carbocycles. The zero-order valence-electron chi connectivity index (χ0n) is 12.7. The molecule has 2 N–H and O–H groups in total. The van der Waals surface area contributed by atoms with Crippen LogP contribution in [0, 0.1) is 13.8 Å². The Bertz CT molecular complexity index is 404. The second-order valence-corrected chi connectivity index (χ2v) is 4.92. The van der Waals surface area contributed by atoms with E-state index < -0.39 is 0 Å². The molecule has 0 radical (unpaired) electrons. The summed E-state index contributed by atoms with van der Waals surface area (Å²) in [6.45, 7) is 7.13. The van der Waals surface area contributed by atoms with Gasteiger partial charge in [0.2, 0.25) is 5.91 Å². The summed E-state index contributed by atoms with van der Waals surface area (Å²) in [6, 6.07) is 6.34. The number of carbonyl (C=O) groups is 1. The second-order valence-electron chi connectivity index (χ2n) is 4.92. The van der Waals surface area contributed by atoms with Crippen LogP contribution in [0.5, 0.6) is 5.75 Å². The molecule has 20 heavy (non-hydrogen) atoms. The van der Waals surface area contributed by atoms with E-state index in [1.807, 2.05) is 40.0 Å². The average molecular weight is 301 g/mol. The standard InChI is InChI=1S/C15H24N2O2.ClH/c1-11-7-12(2)9-14(8-11)19-6-5-15(18)17-10-13(3)16-4;/h7-9,13,16H,5-6,10H2,1-4H3,(H,17,18);1H. The molecule has 1 atom stereocenters. The fourth-order valence-electron chi connectivity index (χ4n) is 1.74. The molecule has 0 heterocycles. The molecule has 114 valence electrons. The highest BCUT2D eigenvalue weighted by molar-refractivity contribution is 5.85. The molecule has 0 aliphatic carbocycles. The van der Waals surface area contributed by atoms with Gasteiger partial charge in [-0.3, -0.25) is 4.79 Å².